The number of nitrogens with one attached hydrogen (secondary N) is 1. The van der Waals surface area contributed by atoms with E-state index in [9.17, 15) is 5.26 Å². The fraction of sp³-hybridized carbons (Fsp3) is 0.385. The van der Waals surface area contributed by atoms with Crippen molar-refractivity contribution >= 4 is 11.6 Å². The van der Waals surface area contributed by atoms with Crippen molar-refractivity contribution in [2.24, 2.45) is 0 Å². The van der Waals surface area contributed by atoms with Gasteiger partial charge in [0.05, 0.1) is 0 Å². The summed E-state index contributed by atoms with van der Waals surface area (Å²) in [6.45, 7) is 1.42. The molecular weight excluding hydrogens is 270 g/mol. The summed E-state index contributed by atoms with van der Waals surface area (Å²) in [5.74, 6) is 1.21. The Bertz CT molecular complexity index is 655. The van der Waals surface area contributed by atoms with E-state index < -0.39 is 0 Å². The third-order valence-corrected chi connectivity index (χ3v) is 3.37. The molecule has 3 heterocycles. The number of hydrogen-bond acceptors (Lipinski definition) is 7. The highest BCUT2D eigenvalue weighted by Crippen LogP contribution is 2.25. The Morgan fingerprint density at radius 1 is 1.43 bits per heavy atom. The molecule has 0 atom stereocenters. The summed E-state index contributed by atoms with van der Waals surface area (Å²) >= 11 is 0. The lowest BCUT2D eigenvalue weighted by molar-refractivity contribution is 0.0904. The lowest BCUT2D eigenvalue weighted by Gasteiger charge is -2.22. The van der Waals surface area contributed by atoms with Crippen LogP contribution in [-0.4, -0.2) is 39.2 Å². The second kappa shape index (κ2) is 5.76. The zero-order valence-corrected chi connectivity index (χ0v) is 11.4. The molecule has 0 unspecified atom stereocenters. The first-order valence-electron chi connectivity index (χ1n) is 6.70. The zero-order valence-electron chi connectivity index (χ0n) is 11.4. The van der Waals surface area contributed by atoms with Crippen molar-refractivity contribution in [1.82, 2.24) is 20.0 Å². The fourth-order valence-electron chi connectivity index (χ4n) is 2.26. The Morgan fingerprint density at radius 2 is 2.24 bits per heavy atom. The van der Waals surface area contributed by atoms with Gasteiger partial charge in [-0.25, -0.2) is 0 Å². The first-order chi connectivity index (χ1) is 10.3. The molecule has 2 aromatic heterocycles. The lowest BCUT2D eigenvalue weighted by Crippen LogP contribution is -2.28. The van der Waals surface area contributed by atoms with Crippen LogP contribution in [0.25, 0.3) is 5.82 Å². The molecule has 0 saturated carbocycles. The Balaban J connectivity index is 1.92. The van der Waals surface area contributed by atoms with Gasteiger partial charge in [-0.2, -0.15) is 15.0 Å². The number of nitrogen functional groups attached to an aromatic ring is 1. The van der Waals surface area contributed by atoms with Gasteiger partial charge >= 0.3 is 0 Å². The van der Waals surface area contributed by atoms with E-state index in [-0.39, 0.29) is 11.9 Å². The minimum absolute atomic E-state index is 0.232. The van der Waals surface area contributed by atoms with Gasteiger partial charge in [0.1, 0.15) is 17.5 Å². The molecule has 0 aliphatic carbocycles. The van der Waals surface area contributed by atoms with E-state index in [2.05, 4.69) is 26.7 Å². The number of nitriles is 1. The average molecular weight is 285 g/mol. The Hall–Kier alpha value is -2.66. The Kier molecular flexibility index (Phi) is 3.66. The predicted octanol–water partition coefficient (Wildman–Crippen LogP) is 0.707. The molecule has 0 radical (unpaired) electrons. The highest BCUT2D eigenvalue weighted by molar-refractivity contribution is 5.65. The summed E-state index contributed by atoms with van der Waals surface area (Å²) in [7, 11) is 0. The van der Waals surface area contributed by atoms with Crippen molar-refractivity contribution in [2.75, 3.05) is 24.3 Å². The van der Waals surface area contributed by atoms with Crippen molar-refractivity contribution in [3.8, 4) is 11.9 Å². The average Bonchev–Trinajstić information content (AvgIpc) is 2.85. The van der Waals surface area contributed by atoms with Crippen LogP contribution < -0.4 is 11.1 Å². The minimum Gasteiger partial charge on any atom is -0.382 e. The topological polar surface area (TPSA) is 115 Å². The molecule has 3 rings (SSSR count). The molecule has 2 aromatic rings. The number of aromatic nitrogens is 4. The number of rotatable bonds is 3. The third-order valence-electron chi connectivity index (χ3n) is 3.37. The largest absolute Gasteiger partial charge is 0.382 e. The molecule has 1 saturated heterocycles. The first-order valence-corrected chi connectivity index (χ1v) is 6.70. The van der Waals surface area contributed by atoms with E-state index in [1.807, 2.05) is 0 Å². The number of ether oxygens (including phenoxy) is 1. The number of nitrogens with two attached hydrogens (primary N) is 1. The molecule has 8 nitrogen and oxygen atoms in total. The van der Waals surface area contributed by atoms with Crippen molar-refractivity contribution in [3.63, 3.8) is 0 Å². The summed E-state index contributed by atoms with van der Waals surface area (Å²) in [5.41, 5.74) is 6.32. The molecule has 8 heteroatoms. The molecule has 1 aliphatic rings. The molecule has 0 bridgehead atoms. The van der Waals surface area contributed by atoms with Crippen molar-refractivity contribution in [3.05, 3.63) is 23.9 Å². The smallest absolute Gasteiger partial charge is 0.178 e. The summed E-state index contributed by atoms with van der Waals surface area (Å²) < 4.78 is 6.74. The maximum atomic E-state index is 9.30. The number of hydrogen-bond donors (Lipinski definition) is 2. The second-order valence-corrected chi connectivity index (χ2v) is 4.75. The standard InChI is InChI=1S/C13H15N7O/c14-8-10-12(15)20(11-2-1-5-16-18-11)19-13(10)17-9-3-6-21-7-4-9/h1-2,5,9H,3-4,6-7,15H2,(H,17,19). The van der Waals surface area contributed by atoms with E-state index in [0.717, 1.165) is 12.8 Å². The van der Waals surface area contributed by atoms with Crippen LogP contribution in [0.2, 0.25) is 0 Å². The molecule has 108 valence electrons. The van der Waals surface area contributed by atoms with Crippen molar-refractivity contribution in [2.45, 2.75) is 18.9 Å². The first kappa shape index (κ1) is 13.3. The van der Waals surface area contributed by atoms with Crippen molar-refractivity contribution < 1.29 is 4.74 Å². The van der Waals surface area contributed by atoms with Crippen LogP contribution in [0, 0.1) is 11.3 Å². The molecule has 0 amide bonds. The minimum atomic E-state index is 0.232. The van der Waals surface area contributed by atoms with Crippen LogP contribution in [0.4, 0.5) is 11.6 Å². The van der Waals surface area contributed by atoms with Gasteiger partial charge in [0.2, 0.25) is 0 Å². The second-order valence-electron chi connectivity index (χ2n) is 4.75. The van der Waals surface area contributed by atoms with Gasteiger partial charge in [-0.05, 0) is 25.0 Å². The fourth-order valence-corrected chi connectivity index (χ4v) is 2.26. The molecule has 1 fully saturated rings. The van der Waals surface area contributed by atoms with Gasteiger partial charge in [0.15, 0.2) is 11.6 Å². The SMILES string of the molecule is N#Cc1c(NC2CCOCC2)nn(-c2cccnn2)c1N. The van der Waals surface area contributed by atoms with E-state index in [0.29, 0.717) is 30.4 Å². The normalized spacial score (nSPS) is 15.6. The van der Waals surface area contributed by atoms with Gasteiger partial charge in [-0.3, -0.25) is 0 Å². The third kappa shape index (κ3) is 2.64. The zero-order chi connectivity index (χ0) is 14.7. The van der Waals surface area contributed by atoms with E-state index in [4.69, 9.17) is 10.5 Å². The molecule has 21 heavy (non-hydrogen) atoms. The molecule has 3 N–H and O–H groups in total. The monoisotopic (exact) mass is 285 g/mol. The van der Waals surface area contributed by atoms with Crippen molar-refractivity contribution in [1.29, 1.82) is 5.26 Å². The summed E-state index contributed by atoms with van der Waals surface area (Å²) in [4.78, 5) is 0. The van der Waals surface area contributed by atoms with Crippen LogP contribution in [-0.2, 0) is 4.74 Å². The summed E-state index contributed by atoms with van der Waals surface area (Å²) in [6, 6.07) is 5.79. The molecule has 0 aromatic carbocycles. The highest BCUT2D eigenvalue weighted by Gasteiger charge is 2.21. The Labute approximate surface area is 121 Å². The van der Waals surface area contributed by atoms with Gasteiger partial charge in [0, 0.05) is 25.5 Å². The van der Waals surface area contributed by atoms with Gasteiger partial charge in [-0.1, -0.05) is 0 Å². The van der Waals surface area contributed by atoms with Crippen LogP contribution in [0.1, 0.15) is 18.4 Å². The van der Waals surface area contributed by atoms with Crippen LogP contribution in [0.15, 0.2) is 18.3 Å². The van der Waals surface area contributed by atoms with E-state index >= 15 is 0 Å². The maximum Gasteiger partial charge on any atom is 0.178 e. The predicted molar refractivity (Wildman–Crippen MR) is 75.7 cm³/mol. The molecular formula is C13H15N7O. The van der Waals surface area contributed by atoms with E-state index in [1.54, 1.807) is 18.3 Å². The maximum absolute atomic E-state index is 9.30. The van der Waals surface area contributed by atoms with Gasteiger partial charge in [-0.15, -0.1) is 10.2 Å². The van der Waals surface area contributed by atoms with E-state index in [1.165, 1.54) is 4.68 Å². The van der Waals surface area contributed by atoms with Crippen LogP contribution in [0.3, 0.4) is 0 Å². The quantitative estimate of drug-likeness (QED) is 0.853. The molecule has 1 aliphatic heterocycles. The lowest BCUT2D eigenvalue weighted by atomic mass is 10.1. The van der Waals surface area contributed by atoms with Gasteiger partial charge < -0.3 is 15.8 Å². The summed E-state index contributed by atoms with van der Waals surface area (Å²) in [6.07, 6.45) is 3.32. The van der Waals surface area contributed by atoms with Crippen LogP contribution >= 0.6 is 0 Å². The highest BCUT2D eigenvalue weighted by atomic mass is 16.5. The number of anilines is 2. The summed E-state index contributed by atoms with van der Waals surface area (Å²) in [5, 5.41) is 24.7. The number of nitrogens with zero attached hydrogens (tertiary/aromatic N) is 5. The Morgan fingerprint density at radius 3 is 2.90 bits per heavy atom. The van der Waals surface area contributed by atoms with Gasteiger partial charge in [0.25, 0.3) is 0 Å². The van der Waals surface area contributed by atoms with Crippen LogP contribution in [0.5, 0.6) is 0 Å². The molecule has 0 spiro atoms.